The van der Waals surface area contributed by atoms with Gasteiger partial charge in [0.15, 0.2) is 0 Å². The fourth-order valence-electron chi connectivity index (χ4n) is 2.61. The molecule has 150 valence electrons. The van der Waals surface area contributed by atoms with Gasteiger partial charge in [-0.15, -0.1) is 0 Å². The number of anilines is 1. The van der Waals surface area contributed by atoms with E-state index in [0.717, 1.165) is 6.07 Å². The number of hydrogen-bond donors (Lipinski definition) is 1. The summed E-state index contributed by atoms with van der Waals surface area (Å²) in [5.74, 6) is -0.635. The maximum absolute atomic E-state index is 12.9. The van der Waals surface area contributed by atoms with Crippen molar-refractivity contribution in [1.82, 2.24) is 4.31 Å². The zero-order valence-electron chi connectivity index (χ0n) is 14.2. The highest BCUT2D eigenvalue weighted by molar-refractivity contribution is 7.89. The van der Waals surface area contributed by atoms with Crippen molar-refractivity contribution >= 4 is 68.0 Å². The molecule has 0 bridgehead atoms. The van der Waals surface area contributed by atoms with Crippen LogP contribution >= 0.6 is 46.4 Å². The number of halogens is 4. The van der Waals surface area contributed by atoms with E-state index in [2.05, 4.69) is 5.32 Å². The number of nitrogens with one attached hydrogen (secondary N) is 1. The minimum Gasteiger partial charge on any atom is -0.379 e. The lowest BCUT2D eigenvalue weighted by molar-refractivity contribution is 0.0730. The number of sulfonamides is 1. The second-order valence-corrected chi connectivity index (χ2v) is 9.42. The van der Waals surface area contributed by atoms with Gasteiger partial charge in [-0.05, 0) is 30.3 Å². The molecule has 2 aromatic rings. The van der Waals surface area contributed by atoms with E-state index >= 15 is 0 Å². The largest absolute Gasteiger partial charge is 0.379 e. The van der Waals surface area contributed by atoms with Crippen LogP contribution in [0.3, 0.4) is 0 Å². The maximum atomic E-state index is 12.9. The van der Waals surface area contributed by atoms with Crippen LogP contribution in [0.1, 0.15) is 10.4 Å². The molecule has 0 saturated carbocycles. The molecule has 3 rings (SSSR count). The van der Waals surface area contributed by atoms with Gasteiger partial charge in [0.1, 0.15) is 4.90 Å². The molecule has 1 heterocycles. The van der Waals surface area contributed by atoms with Crippen LogP contribution in [-0.2, 0) is 14.8 Å². The average Bonchev–Trinajstić information content (AvgIpc) is 2.64. The summed E-state index contributed by atoms with van der Waals surface area (Å²) in [5, 5.41) is 3.16. The molecule has 28 heavy (non-hydrogen) atoms. The van der Waals surface area contributed by atoms with E-state index in [4.69, 9.17) is 51.1 Å². The third kappa shape index (κ3) is 4.57. The summed E-state index contributed by atoms with van der Waals surface area (Å²) < 4.78 is 32.3. The lowest BCUT2D eigenvalue weighted by atomic mass is 10.2. The highest BCUT2D eigenvalue weighted by Crippen LogP contribution is 2.32. The summed E-state index contributed by atoms with van der Waals surface area (Å²) >= 11 is 24.2. The van der Waals surface area contributed by atoms with Crippen LogP contribution in [0.4, 0.5) is 5.69 Å². The Kier molecular flexibility index (Phi) is 6.76. The highest BCUT2D eigenvalue weighted by atomic mass is 35.5. The van der Waals surface area contributed by atoms with Crippen LogP contribution in [0.25, 0.3) is 0 Å². The first-order chi connectivity index (χ1) is 13.2. The van der Waals surface area contributed by atoms with Gasteiger partial charge in [0.25, 0.3) is 5.91 Å². The molecule has 2 aromatic carbocycles. The summed E-state index contributed by atoms with van der Waals surface area (Å²) in [6.45, 7) is 0.964. The quantitative estimate of drug-likeness (QED) is 0.690. The Morgan fingerprint density at radius 2 is 1.64 bits per heavy atom. The second-order valence-electron chi connectivity index (χ2n) is 5.86. The maximum Gasteiger partial charge on any atom is 0.257 e. The molecular formula is C17H14Cl4N2O4S. The molecule has 0 spiro atoms. The molecule has 1 N–H and O–H groups in total. The van der Waals surface area contributed by atoms with Gasteiger partial charge in [0, 0.05) is 18.1 Å². The molecule has 1 aliphatic heterocycles. The number of ether oxygens (including phenoxy) is 1. The number of carbonyl (C=O) groups excluding carboxylic acids is 1. The number of nitrogens with zero attached hydrogens (tertiary/aromatic N) is 1. The zero-order valence-corrected chi connectivity index (χ0v) is 18.1. The monoisotopic (exact) mass is 482 g/mol. The van der Waals surface area contributed by atoms with E-state index in [-0.39, 0.29) is 51.8 Å². The van der Waals surface area contributed by atoms with Crippen molar-refractivity contribution < 1.29 is 17.9 Å². The van der Waals surface area contributed by atoms with Crippen LogP contribution in [0, 0.1) is 0 Å². The molecule has 11 heteroatoms. The van der Waals surface area contributed by atoms with Crippen LogP contribution in [0.5, 0.6) is 0 Å². The van der Waals surface area contributed by atoms with Gasteiger partial charge in [-0.25, -0.2) is 8.42 Å². The van der Waals surface area contributed by atoms with Crippen LogP contribution in [0.2, 0.25) is 20.1 Å². The van der Waals surface area contributed by atoms with E-state index < -0.39 is 15.9 Å². The van der Waals surface area contributed by atoms with E-state index in [1.165, 1.54) is 22.5 Å². The van der Waals surface area contributed by atoms with E-state index in [0.29, 0.717) is 10.7 Å². The number of hydrogen-bond acceptors (Lipinski definition) is 4. The lowest BCUT2D eigenvalue weighted by Gasteiger charge is -2.26. The van der Waals surface area contributed by atoms with Crippen LogP contribution in [-0.4, -0.2) is 44.9 Å². The van der Waals surface area contributed by atoms with E-state index in [1.54, 1.807) is 6.07 Å². The van der Waals surface area contributed by atoms with Gasteiger partial charge >= 0.3 is 0 Å². The Bertz CT molecular complexity index is 1020. The molecule has 1 saturated heterocycles. The van der Waals surface area contributed by atoms with Crippen molar-refractivity contribution in [2.75, 3.05) is 31.6 Å². The number of morpholine rings is 1. The van der Waals surface area contributed by atoms with Crippen molar-refractivity contribution in [3.8, 4) is 0 Å². The van der Waals surface area contributed by atoms with Gasteiger partial charge in [-0.1, -0.05) is 46.4 Å². The smallest absolute Gasteiger partial charge is 0.257 e. The first-order valence-corrected chi connectivity index (χ1v) is 11.0. The Morgan fingerprint density at radius 1 is 0.964 bits per heavy atom. The summed E-state index contributed by atoms with van der Waals surface area (Å²) in [7, 11) is -3.91. The van der Waals surface area contributed by atoms with E-state index in [9.17, 15) is 13.2 Å². The topological polar surface area (TPSA) is 75.7 Å². The number of benzene rings is 2. The Balaban J connectivity index is 1.95. The Labute approximate surface area is 182 Å². The van der Waals surface area contributed by atoms with Crippen LogP contribution < -0.4 is 5.32 Å². The standard InChI is InChI=1S/C17H14Cl4N2O4S/c18-10-1-2-15(13(20)7-10)22-17(24)11-8-16(14(21)9-12(11)19)28(25,26)23-3-5-27-6-4-23/h1-2,7-9H,3-6H2,(H,22,24). The predicted molar refractivity (Wildman–Crippen MR) is 110 cm³/mol. The van der Waals surface area contributed by atoms with Gasteiger partial charge in [0.2, 0.25) is 10.0 Å². The second kappa shape index (κ2) is 8.75. The molecule has 1 aliphatic rings. The zero-order chi connectivity index (χ0) is 20.5. The van der Waals surface area contributed by atoms with Crippen molar-refractivity contribution in [3.05, 3.63) is 56.0 Å². The molecule has 0 radical (unpaired) electrons. The number of carbonyl (C=O) groups is 1. The molecule has 1 fully saturated rings. The molecule has 0 aliphatic carbocycles. The fourth-order valence-corrected chi connectivity index (χ4v) is 5.30. The molecule has 0 aromatic heterocycles. The molecule has 6 nitrogen and oxygen atoms in total. The average molecular weight is 484 g/mol. The fraction of sp³-hybridized carbons (Fsp3) is 0.235. The molecular weight excluding hydrogens is 470 g/mol. The Morgan fingerprint density at radius 3 is 2.29 bits per heavy atom. The molecule has 0 unspecified atom stereocenters. The Hall–Kier alpha value is -1.06. The van der Waals surface area contributed by atoms with Crippen molar-refractivity contribution in [2.24, 2.45) is 0 Å². The number of amides is 1. The van der Waals surface area contributed by atoms with Crippen molar-refractivity contribution in [3.63, 3.8) is 0 Å². The first-order valence-electron chi connectivity index (χ1n) is 8.03. The van der Waals surface area contributed by atoms with Gasteiger partial charge < -0.3 is 10.1 Å². The summed E-state index contributed by atoms with van der Waals surface area (Å²) in [6, 6.07) is 6.94. The first kappa shape index (κ1) is 21.6. The van der Waals surface area contributed by atoms with Gasteiger partial charge in [-0.3, -0.25) is 4.79 Å². The minimum absolute atomic E-state index is 0.00788. The summed E-state index contributed by atoms with van der Waals surface area (Å²) in [4.78, 5) is 12.5. The van der Waals surface area contributed by atoms with Gasteiger partial charge in [-0.2, -0.15) is 4.31 Å². The van der Waals surface area contributed by atoms with Crippen LogP contribution in [0.15, 0.2) is 35.2 Å². The van der Waals surface area contributed by atoms with Gasteiger partial charge in [0.05, 0.1) is 39.5 Å². The normalized spacial score (nSPS) is 15.4. The molecule has 1 amide bonds. The summed E-state index contributed by atoms with van der Waals surface area (Å²) in [5.41, 5.74) is 0.253. The number of rotatable bonds is 4. The van der Waals surface area contributed by atoms with Crippen molar-refractivity contribution in [2.45, 2.75) is 4.90 Å². The van der Waals surface area contributed by atoms with E-state index in [1.807, 2.05) is 0 Å². The molecule has 0 atom stereocenters. The lowest BCUT2D eigenvalue weighted by Crippen LogP contribution is -2.40. The highest BCUT2D eigenvalue weighted by Gasteiger charge is 2.30. The van der Waals surface area contributed by atoms with Crippen molar-refractivity contribution in [1.29, 1.82) is 0 Å². The minimum atomic E-state index is -3.91. The third-order valence-electron chi connectivity index (χ3n) is 4.03. The SMILES string of the molecule is O=C(Nc1ccc(Cl)cc1Cl)c1cc(S(=O)(=O)N2CCOCC2)c(Cl)cc1Cl. The summed E-state index contributed by atoms with van der Waals surface area (Å²) in [6.07, 6.45) is 0. The predicted octanol–water partition coefficient (Wildman–Crippen LogP) is 4.57. The third-order valence-corrected chi connectivity index (χ3v) is 7.26.